The van der Waals surface area contributed by atoms with Crippen LogP contribution in [-0.4, -0.2) is 10.2 Å². The number of aromatic amines is 1. The van der Waals surface area contributed by atoms with Gasteiger partial charge in [0.15, 0.2) is 5.82 Å². The fraction of sp³-hybridized carbons (Fsp3) is 0.300. The molecular formula is C10H12FN3. The number of nitrogens with two attached hydrogens (primary N) is 1. The topological polar surface area (TPSA) is 54.7 Å². The van der Waals surface area contributed by atoms with Gasteiger partial charge < -0.3 is 5.73 Å². The van der Waals surface area contributed by atoms with E-state index >= 15 is 0 Å². The Balaban J connectivity index is 2.74. The molecule has 1 aromatic carbocycles. The molecule has 14 heavy (non-hydrogen) atoms. The second-order valence-corrected chi connectivity index (χ2v) is 3.69. The minimum absolute atomic E-state index is 0.216. The Kier molecular flexibility index (Phi) is 1.91. The first-order valence-corrected chi connectivity index (χ1v) is 4.52. The van der Waals surface area contributed by atoms with Gasteiger partial charge in [-0.1, -0.05) is 13.8 Å². The molecule has 2 rings (SSSR count). The number of nitrogens with zero attached hydrogens (tertiary/aromatic N) is 1. The van der Waals surface area contributed by atoms with Gasteiger partial charge in [-0.25, -0.2) is 4.39 Å². The largest absolute Gasteiger partial charge is 0.382 e. The van der Waals surface area contributed by atoms with Crippen LogP contribution in [0.15, 0.2) is 12.1 Å². The van der Waals surface area contributed by atoms with E-state index in [9.17, 15) is 4.39 Å². The van der Waals surface area contributed by atoms with Gasteiger partial charge in [-0.15, -0.1) is 0 Å². The first kappa shape index (κ1) is 8.99. The van der Waals surface area contributed by atoms with E-state index in [1.165, 1.54) is 6.07 Å². The summed E-state index contributed by atoms with van der Waals surface area (Å²) >= 11 is 0. The summed E-state index contributed by atoms with van der Waals surface area (Å²) in [6.45, 7) is 4.03. The second-order valence-electron chi connectivity index (χ2n) is 3.69. The van der Waals surface area contributed by atoms with Crippen LogP contribution in [0.5, 0.6) is 0 Å². The maximum Gasteiger partial charge on any atom is 0.156 e. The molecule has 0 aliphatic carbocycles. The van der Waals surface area contributed by atoms with Gasteiger partial charge in [0.1, 0.15) is 5.82 Å². The van der Waals surface area contributed by atoms with E-state index in [-0.39, 0.29) is 11.6 Å². The standard InChI is InChI=1S/C10H12FN3/c1-5(2)6-3-7(11)9-8(4-6)13-14-10(9)12/h3-5H,1-2H3,(H3,12,13,14). The Morgan fingerprint density at radius 3 is 2.79 bits per heavy atom. The number of benzene rings is 1. The minimum Gasteiger partial charge on any atom is -0.382 e. The number of rotatable bonds is 1. The molecule has 3 N–H and O–H groups in total. The minimum atomic E-state index is -0.308. The molecule has 0 radical (unpaired) electrons. The maximum atomic E-state index is 13.6. The van der Waals surface area contributed by atoms with Crippen LogP contribution in [-0.2, 0) is 0 Å². The van der Waals surface area contributed by atoms with Crippen molar-refractivity contribution in [2.45, 2.75) is 19.8 Å². The SMILES string of the molecule is CC(C)c1cc(F)c2c(N)n[nH]c2c1. The molecule has 0 fully saturated rings. The van der Waals surface area contributed by atoms with Crippen LogP contribution in [0.25, 0.3) is 10.9 Å². The molecule has 0 aliphatic rings. The van der Waals surface area contributed by atoms with Gasteiger partial charge in [0.2, 0.25) is 0 Å². The molecule has 0 bridgehead atoms. The van der Waals surface area contributed by atoms with Crippen molar-refractivity contribution < 1.29 is 4.39 Å². The number of fused-ring (bicyclic) bond motifs is 1. The van der Waals surface area contributed by atoms with E-state index in [1.54, 1.807) is 0 Å². The summed E-state index contributed by atoms with van der Waals surface area (Å²) in [6.07, 6.45) is 0. The third-order valence-electron chi connectivity index (χ3n) is 2.33. The van der Waals surface area contributed by atoms with Crippen LogP contribution in [0, 0.1) is 5.82 Å². The third-order valence-corrected chi connectivity index (χ3v) is 2.33. The average molecular weight is 193 g/mol. The van der Waals surface area contributed by atoms with Crippen molar-refractivity contribution in [3.05, 3.63) is 23.5 Å². The first-order chi connectivity index (χ1) is 6.59. The fourth-order valence-electron chi connectivity index (χ4n) is 1.49. The van der Waals surface area contributed by atoms with Crippen LogP contribution in [0.1, 0.15) is 25.3 Å². The molecule has 1 heterocycles. The monoisotopic (exact) mass is 193 g/mol. The highest BCUT2D eigenvalue weighted by Gasteiger charge is 2.11. The predicted molar refractivity (Wildman–Crippen MR) is 54.6 cm³/mol. The zero-order chi connectivity index (χ0) is 10.3. The molecule has 0 spiro atoms. The molecule has 3 nitrogen and oxygen atoms in total. The molecule has 0 amide bonds. The molecule has 0 saturated carbocycles. The van der Waals surface area contributed by atoms with Gasteiger partial charge in [0.25, 0.3) is 0 Å². The fourth-order valence-corrected chi connectivity index (χ4v) is 1.49. The van der Waals surface area contributed by atoms with E-state index in [0.29, 0.717) is 16.8 Å². The van der Waals surface area contributed by atoms with Crippen LogP contribution < -0.4 is 5.73 Å². The summed E-state index contributed by atoms with van der Waals surface area (Å²) in [5.74, 6) is 0.198. The second kappa shape index (κ2) is 2.97. The summed E-state index contributed by atoms with van der Waals surface area (Å²) in [4.78, 5) is 0. The number of aromatic nitrogens is 2. The van der Waals surface area contributed by atoms with E-state index in [1.807, 2.05) is 19.9 Å². The molecule has 74 valence electrons. The Morgan fingerprint density at radius 1 is 1.43 bits per heavy atom. The van der Waals surface area contributed by atoms with Crippen LogP contribution >= 0.6 is 0 Å². The van der Waals surface area contributed by atoms with Crippen molar-refractivity contribution in [3.8, 4) is 0 Å². The highest BCUT2D eigenvalue weighted by Crippen LogP contribution is 2.26. The van der Waals surface area contributed by atoms with Gasteiger partial charge in [-0.3, -0.25) is 5.10 Å². The summed E-state index contributed by atoms with van der Waals surface area (Å²) in [7, 11) is 0. The molecule has 1 aromatic heterocycles. The molecule has 0 saturated heterocycles. The van der Waals surface area contributed by atoms with Crippen molar-refractivity contribution >= 4 is 16.7 Å². The van der Waals surface area contributed by atoms with E-state index < -0.39 is 0 Å². The molecule has 0 unspecified atom stereocenters. The normalized spacial score (nSPS) is 11.4. The summed E-state index contributed by atoms with van der Waals surface area (Å²) in [5, 5.41) is 6.86. The van der Waals surface area contributed by atoms with Crippen molar-refractivity contribution in [1.29, 1.82) is 0 Å². The zero-order valence-corrected chi connectivity index (χ0v) is 8.13. The first-order valence-electron chi connectivity index (χ1n) is 4.52. The molecule has 0 aliphatic heterocycles. The van der Waals surface area contributed by atoms with Gasteiger partial charge in [-0.05, 0) is 23.6 Å². The van der Waals surface area contributed by atoms with E-state index in [4.69, 9.17) is 5.73 Å². The highest BCUT2D eigenvalue weighted by molar-refractivity contribution is 5.89. The molecule has 4 heteroatoms. The number of hydrogen-bond donors (Lipinski definition) is 2. The van der Waals surface area contributed by atoms with Crippen molar-refractivity contribution in [2.24, 2.45) is 0 Å². The summed E-state index contributed by atoms with van der Waals surface area (Å²) in [5.41, 5.74) is 7.12. The lowest BCUT2D eigenvalue weighted by molar-refractivity contribution is 0.636. The lowest BCUT2D eigenvalue weighted by atomic mass is 10.0. The van der Waals surface area contributed by atoms with Crippen LogP contribution in [0.4, 0.5) is 10.2 Å². The predicted octanol–water partition coefficient (Wildman–Crippen LogP) is 2.41. The quantitative estimate of drug-likeness (QED) is 0.730. The van der Waals surface area contributed by atoms with E-state index in [2.05, 4.69) is 10.2 Å². The van der Waals surface area contributed by atoms with Crippen molar-refractivity contribution in [3.63, 3.8) is 0 Å². The lowest BCUT2D eigenvalue weighted by Gasteiger charge is -2.05. The smallest absolute Gasteiger partial charge is 0.156 e. The zero-order valence-electron chi connectivity index (χ0n) is 8.13. The molecule has 0 atom stereocenters. The number of nitrogen functional groups attached to an aromatic ring is 1. The van der Waals surface area contributed by atoms with Crippen molar-refractivity contribution in [2.75, 3.05) is 5.73 Å². The van der Waals surface area contributed by atoms with Gasteiger partial charge >= 0.3 is 0 Å². The molecular weight excluding hydrogens is 181 g/mol. The van der Waals surface area contributed by atoms with Crippen LogP contribution in [0.2, 0.25) is 0 Å². The van der Waals surface area contributed by atoms with Gasteiger partial charge in [-0.2, -0.15) is 5.10 Å². The number of anilines is 1. The van der Waals surface area contributed by atoms with Gasteiger partial charge in [0.05, 0.1) is 10.9 Å². The highest BCUT2D eigenvalue weighted by atomic mass is 19.1. The number of hydrogen-bond acceptors (Lipinski definition) is 2. The summed E-state index contributed by atoms with van der Waals surface area (Å²) < 4.78 is 13.6. The maximum absolute atomic E-state index is 13.6. The Bertz CT molecular complexity index is 473. The Labute approximate surface area is 81.1 Å². The third kappa shape index (κ3) is 1.23. The Morgan fingerprint density at radius 2 is 2.14 bits per heavy atom. The number of H-pyrrole nitrogens is 1. The number of nitrogens with one attached hydrogen (secondary N) is 1. The Hall–Kier alpha value is -1.58. The van der Waals surface area contributed by atoms with Crippen molar-refractivity contribution in [1.82, 2.24) is 10.2 Å². The van der Waals surface area contributed by atoms with E-state index in [0.717, 1.165) is 5.56 Å². The van der Waals surface area contributed by atoms with Crippen LogP contribution in [0.3, 0.4) is 0 Å². The number of halogens is 1. The van der Waals surface area contributed by atoms with Gasteiger partial charge in [0, 0.05) is 0 Å². The molecule has 2 aromatic rings. The average Bonchev–Trinajstić information content (AvgIpc) is 2.48. The summed E-state index contributed by atoms with van der Waals surface area (Å²) in [6, 6.07) is 3.39. The lowest BCUT2D eigenvalue weighted by Crippen LogP contribution is -1.91.